The molecular weight excluding hydrogens is 266 g/mol. The van der Waals surface area contributed by atoms with Crippen molar-refractivity contribution in [2.45, 2.75) is 45.6 Å². The van der Waals surface area contributed by atoms with Gasteiger partial charge in [-0.1, -0.05) is 13.0 Å². The highest BCUT2D eigenvalue weighted by molar-refractivity contribution is 7.15. The number of rotatable bonds is 6. The monoisotopic (exact) mass is 287 g/mol. The summed E-state index contributed by atoms with van der Waals surface area (Å²) in [5.74, 6) is 0.697. The van der Waals surface area contributed by atoms with Crippen LogP contribution in [-0.4, -0.2) is 16.5 Å². The predicted octanol–water partition coefficient (Wildman–Crippen LogP) is 3.89. The fourth-order valence-corrected chi connectivity index (χ4v) is 3.53. The van der Waals surface area contributed by atoms with E-state index in [4.69, 9.17) is 4.98 Å². The number of nitrogens with one attached hydrogen (secondary N) is 1. The molecule has 0 aliphatic heterocycles. The largest absolute Gasteiger partial charge is 0.312 e. The van der Waals surface area contributed by atoms with Crippen molar-refractivity contribution in [2.75, 3.05) is 6.54 Å². The van der Waals surface area contributed by atoms with Crippen molar-refractivity contribution in [2.24, 2.45) is 0 Å². The molecule has 0 saturated heterocycles. The Morgan fingerprint density at radius 1 is 1.40 bits per heavy atom. The molecule has 1 N–H and O–H groups in total. The van der Waals surface area contributed by atoms with E-state index in [9.17, 15) is 0 Å². The molecule has 2 heterocycles. The molecule has 0 radical (unpaired) electrons. The highest BCUT2D eigenvalue weighted by atomic mass is 32.1. The molecule has 0 unspecified atom stereocenters. The summed E-state index contributed by atoms with van der Waals surface area (Å²) < 4.78 is 0. The first-order valence-electron chi connectivity index (χ1n) is 7.42. The highest BCUT2D eigenvalue weighted by Gasteiger charge is 2.30. The number of aromatic nitrogens is 2. The smallest absolute Gasteiger partial charge is 0.142 e. The number of hydrogen-bond donors (Lipinski definition) is 1. The van der Waals surface area contributed by atoms with Gasteiger partial charge in [0, 0.05) is 23.5 Å². The van der Waals surface area contributed by atoms with E-state index in [2.05, 4.69) is 30.2 Å². The van der Waals surface area contributed by atoms with E-state index < -0.39 is 0 Å². The van der Waals surface area contributed by atoms with Gasteiger partial charge in [-0.05, 0) is 44.4 Å². The van der Waals surface area contributed by atoms with Crippen molar-refractivity contribution >= 4 is 11.3 Å². The molecule has 3 nitrogen and oxygen atoms in total. The molecule has 0 atom stereocenters. The van der Waals surface area contributed by atoms with E-state index in [1.54, 1.807) is 0 Å². The van der Waals surface area contributed by atoms with Crippen LogP contribution in [0.4, 0.5) is 0 Å². The molecule has 0 spiro atoms. The van der Waals surface area contributed by atoms with Gasteiger partial charge in [0.2, 0.25) is 0 Å². The Labute approximate surface area is 124 Å². The second-order valence-electron chi connectivity index (χ2n) is 5.45. The lowest BCUT2D eigenvalue weighted by Crippen LogP contribution is -2.13. The lowest BCUT2D eigenvalue weighted by Gasteiger charge is -2.01. The summed E-state index contributed by atoms with van der Waals surface area (Å²) in [5, 5.41) is 4.59. The van der Waals surface area contributed by atoms with Crippen molar-refractivity contribution in [1.82, 2.24) is 15.3 Å². The number of nitrogens with zero attached hydrogens (tertiary/aromatic N) is 2. The Morgan fingerprint density at radius 2 is 2.25 bits per heavy atom. The van der Waals surface area contributed by atoms with E-state index in [0.29, 0.717) is 5.92 Å². The zero-order valence-electron chi connectivity index (χ0n) is 12.1. The molecule has 3 rings (SSSR count). The fraction of sp³-hybridized carbons (Fsp3) is 0.500. The maximum atomic E-state index is 4.90. The number of hydrogen-bond acceptors (Lipinski definition) is 4. The standard InChI is InChI=1S/C16H21N3S/c1-3-8-17-10-13-15(12-6-7-12)19-16(20-13)14-11(2)5-4-9-18-14/h4-5,9,12,17H,3,6-8,10H2,1-2H3. The van der Waals surface area contributed by atoms with Crippen LogP contribution in [0.2, 0.25) is 0 Å². The first-order valence-corrected chi connectivity index (χ1v) is 8.23. The topological polar surface area (TPSA) is 37.8 Å². The van der Waals surface area contributed by atoms with Crippen molar-refractivity contribution < 1.29 is 0 Å². The minimum atomic E-state index is 0.697. The van der Waals surface area contributed by atoms with Gasteiger partial charge in [-0.25, -0.2) is 4.98 Å². The Bertz CT molecular complexity index is 587. The average molecular weight is 287 g/mol. The molecule has 2 aromatic heterocycles. The number of pyridine rings is 1. The van der Waals surface area contributed by atoms with E-state index >= 15 is 0 Å². The van der Waals surface area contributed by atoms with Crippen LogP contribution in [0, 0.1) is 6.92 Å². The Hall–Kier alpha value is -1.26. The summed E-state index contributed by atoms with van der Waals surface area (Å²) in [7, 11) is 0. The molecule has 106 valence electrons. The molecular formula is C16H21N3S. The summed E-state index contributed by atoms with van der Waals surface area (Å²) in [6.45, 7) is 6.32. The van der Waals surface area contributed by atoms with Gasteiger partial charge in [0.1, 0.15) is 10.7 Å². The molecule has 0 amide bonds. The van der Waals surface area contributed by atoms with Crippen LogP contribution < -0.4 is 5.32 Å². The zero-order chi connectivity index (χ0) is 13.9. The van der Waals surface area contributed by atoms with Gasteiger partial charge in [-0.3, -0.25) is 4.98 Å². The third kappa shape index (κ3) is 2.91. The summed E-state index contributed by atoms with van der Waals surface area (Å²) >= 11 is 1.81. The summed E-state index contributed by atoms with van der Waals surface area (Å²) in [4.78, 5) is 10.8. The number of aryl methyl sites for hydroxylation is 1. The average Bonchev–Trinajstić information content (AvgIpc) is 3.21. The van der Waals surface area contributed by atoms with Crippen LogP contribution in [0.5, 0.6) is 0 Å². The molecule has 0 bridgehead atoms. The van der Waals surface area contributed by atoms with Crippen LogP contribution in [-0.2, 0) is 6.54 Å². The predicted molar refractivity (Wildman–Crippen MR) is 84.1 cm³/mol. The van der Waals surface area contributed by atoms with Gasteiger partial charge in [-0.2, -0.15) is 0 Å². The first kappa shape index (κ1) is 13.7. The van der Waals surface area contributed by atoms with Gasteiger partial charge >= 0.3 is 0 Å². The second-order valence-corrected chi connectivity index (χ2v) is 6.53. The second kappa shape index (κ2) is 6.02. The zero-order valence-corrected chi connectivity index (χ0v) is 13.0. The first-order chi connectivity index (χ1) is 9.79. The molecule has 20 heavy (non-hydrogen) atoms. The molecule has 1 aliphatic carbocycles. The summed E-state index contributed by atoms with van der Waals surface area (Å²) in [5.41, 5.74) is 3.57. The van der Waals surface area contributed by atoms with E-state index in [1.165, 1.54) is 35.4 Å². The number of thiazole rings is 1. The molecule has 1 aliphatic rings. The van der Waals surface area contributed by atoms with Crippen molar-refractivity contribution in [3.8, 4) is 10.7 Å². The van der Waals surface area contributed by atoms with Gasteiger partial charge in [0.05, 0.1) is 5.69 Å². The minimum absolute atomic E-state index is 0.697. The van der Waals surface area contributed by atoms with E-state index in [-0.39, 0.29) is 0 Å². The third-order valence-electron chi connectivity index (χ3n) is 3.62. The van der Waals surface area contributed by atoms with Gasteiger partial charge in [0.15, 0.2) is 0 Å². The maximum Gasteiger partial charge on any atom is 0.142 e. The molecule has 1 fully saturated rings. The molecule has 4 heteroatoms. The SMILES string of the molecule is CCCNCc1sc(-c2ncccc2C)nc1C1CC1. The van der Waals surface area contributed by atoms with Crippen LogP contribution in [0.25, 0.3) is 10.7 Å². The Kier molecular flexibility index (Phi) is 4.13. The van der Waals surface area contributed by atoms with Crippen LogP contribution >= 0.6 is 11.3 Å². The lowest BCUT2D eigenvalue weighted by molar-refractivity contribution is 0.676. The quantitative estimate of drug-likeness (QED) is 0.819. The summed E-state index contributed by atoms with van der Waals surface area (Å²) in [6, 6.07) is 4.09. The highest BCUT2D eigenvalue weighted by Crippen LogP contribution is 2.44. The minimum Gasteiger partial charge on any atom is -0.312 e. The molecule has 0 aromatic carbocycles. The van der Waals surface area contributed by atoms with Crippen LogP contribution in [0.3, 0.4) is 0 Å². The van der Waals surface area contributed by atoms with Gasteiger partial charge in [0.25, 0.3) is 0 Å². The van der Waals surface area contributed by atoms with Crippen LogP contribution in [0.15, 0.2) is 18.3 Å². The van der Waals surface area contributed by atoms with E-state index in [1.807, 2.05) is 23.6 Å². The molecule has 2 aromatic rings. The van der Waals surface area contributed by atoms with Crippen LogP contribution in [0.1, 0.15) is 48.2 Å². The lowest BCUT2D eigenvalue weighted by atomic mass is 10.2. The van der Waals surface area contributed by atoms with Crippen molar-refractivity contribution in [3.63, 3.8) is 0 Å². The fourth-order valence-electron chi connectivity index (χ4n) is 2.36. The van der Waals surface area contributed by atoms with Crippen molar-refractivity contribution in [1.29, 1.82) is 0 Å². The van der Waals surface area contributed by atoms with E-state index in [0.717, 1.165) is 23.8 Å². The summed E-state index contributed by atoms with van der Waals surface area (Å²) in [6.07, 6.45) is 5.62. The van der Waals surface area contributed by atoms with Crippen molar-refractivity contribution in [3.05, 3.63) is 34.5 Å². The van der Waals surface area contributed by atoms with Gasteiger partial charge in [-0.15, -0.1) is 11.3 Å². The Balaban J connectivity index is 1.89. The Morgan fingerprint density at radius 3 is 2.95 bits per heavy atom. The third-order valence-corrected chi connectivity index (χ3v) is 4.69. The normalized spacial score (nSPS) is 14.7. The molecule has 1 saturated carbocycles. The maximum absolute atomic E-state index is 4.90. The van der Waals surface area contributed by atoms with Gasteiger partial charge < -0.3 is 5.32 Å².